The summed E-state index contributed by atoms with van der Waals surface area (Å²) in [6, 6.07) is 10.9. The normalized spacial score (nSPS) is 18.5. The van der Waals surface area contributed by atoms with Crippen LogP contribution < -0.4 is 16.4 Å². The highest BCUT2D eigenvalue weighted by atomic mass is 35.5. The van der Waals surface area contributed by atoms with E-state index in [1.165, 1.54) is 0 Å². The van der Waals surface area contributed by atoms with E-state index >= 15 is 0 Å². The van der Waals surface area contributed by atoms with Crippen LogP contribution in [0.4, 0.5) is 5.95 Å². The number of primary amides is 1. The third-order valence-electron chi connectivity index (χ3n) is 5.25. The van der Waals surface area contributed by atoms with Crippen LogP contribution in [0.3, 0.4) is 0 Å². The van der Waals surface area contributed by atoms with E-state index in [0.717, 1.165) is 47.7 Å². The maximum Gasteiger partial charge on any atom is 0.248 e. The molecule has 0 radical (unpaired) electrons. The standard InChI is InChI=1S/C21H20ClN5O2/c22-16-6-4-13(20(23)29)9-15(16)12-5-7-17-14(8-12)10-24-21(26-17)27-19-3-1-2-18(19)25-11-28/h4-11,18-19H,1-3H2,(H2,23,29)(H,25,28)(H,24,26,27). The summed E-state index contributed by atoms with van der Waals surface area (Å²) in [6.07, 6.45) is 5.44. The smallest absolute Gasteiger partial charge is 0.248 e. The first-order valence-corrected chi connectivity index (χ1v) is 9.76. The van der Waals surface area contributed by atoms with Gasteiger partial charge in [-0.2, -0.15) is 0 Å². The van der Waals surface area contributed by atoms with Crippen LogP contribution in [0, 0.1) is 0 Å². The number of aromatic nitrogens is 2. The van der Waals surface area contributed by atoms with Gasteiger partial charge in [-0.25, -0.2) is 9.97 Å². The number of anilines is 1. The van der Waals surface area contributed by atoms with E-state index in [1.807, 2.05) is 18.2 Å². The molecule has 3 aromatic rings. The molecule has 29 heavy (non-hydrogen) atoms. The van der Waals surface area contributed by atoms with Gasteiger partial charge in [0.1, 0.15) is 0 Å². The van der Waals surface area contributed by atoms with Crippen molar-refractivity contribution in [1.82, 2.24) is 15.3 Å². The number of halogens is 1. The van der Waals surface area contributed by atoms with Crippen LogP contribution in [-0.4, -0.2) is 34.4 Å². The van der Waals surface area contributed by atoms with Gasteiger partial charge in [0.05, 0.1) is 5.52 Å². The van der Waals surface area contributed by atoms with E-state index in [0.29, 0.717) is 16.5 Å². The van der Waals surface area contributed by atoms with Crippen molar-refractivity contribution in [3.05, 3.63) is 53.2 Å². The molecule has 0 bridgehead atoms. The minimum Gasteiger partial charge on any atom is -0.366 e. The highest BCUT2D eigenvalue weighted by Crippen LogP contribution is 2.31. The number of carbonyl (C=O) groups excluding carboxylic acids is 2. The van der Waals surface area contributed by atoms with Gasteiger partial charge >= 0.3 is 0 Å². The SMILES string of the molecule is NC(=O)c1ccc(Cl)c(-c2ccc3nc(NC4CCCC4NC=O)ncc3c2)c1. The number of nitrogens with two attached hydrogens (primary N) is 1. The number of hydrogen-bond donors (Lipinski definition) is 3. The first kappa shape index (κ1) is 19.1. The fourth-order valence-corrected chi connectivity index (χ4v) is 3.98. The molecule has 2 unspecified atom stereocenters. The molecule has 2 aromatic carbocycles. The monoisotopic (exact) mass is 409 g/mol. The molecule has 0 saturated heterocycles. The fraction of sp³-hybridized carbons (Fsp3) is 0.238. The Morgan fingerprint density at radius 1 is 1.17 bits per heavy atom. The van der Waals surface area contributed by atoms with Gasteiger partial charge in [-0.05, 0) is 55.2 Å². The topological polar surface area (TPSA) is 110 Å². The number of nitrogens with zero attached hydrogens (tertiary/aromatic N) is 2. The van der Waals surface area contributed by atoms with Gasteiger partial charge in [0, 0.05) is 39.8 Å². The second kappa shape index (κ2) is 8.05. The fourth-order valence-electron chi connectivity index (χ4n) is 3.76. The highest BCUT2D eigenvalue weighted by molar-refractivity contribution is 6.33. The summed E-state index contributed by atoms with van der Waals surface area (Å²) in [6.45, 7) is 0. The molecule has 1 aromatic heterocycles. The molecule has 1 aliphatic rings. The molecule has 7 nitrogen and oxygen atoms in total. The van der Waals surface area contributed by atoms with E-state index < -0.39 is 5.91 Å². The molecular weight excluding hydrogens is 390 g/mol. The first-order valence-electron chi connectivity index (χ1n) is 9.38. The zero-order valence-electron chi connectivity index (χ0n) is 15.6. The van der Waals surface area contributed by atoms with Gasteiger partial charge in [-0.1, -0.05) is 17.7 Å². The van der Waals surface area contributed by atoms with Crippen molar-refractivity contribution in [1.29, 1.82) is 0 Å². The van der Waals surface area contributed by atoms with Crippen molar-refractivity contribution in [2.24, 2.45) is 5.73 Å². The van der Waals surface area contributed by atoms with E-state index in [2.05, 4.69) is 20.6 Å². The number of benzene rings is 2. The summed E-state index contributed by atoms with van der Waals surface area (Å²) in [5, 5.41) is 7.56. The van der Waals surface area contributed by atoms with Crippen molar-refractivity contribution in [3.8, 4) is 11.1 Å². The minimum absolute atomic E-state index is 0.0915. The van der Waals surface area contributed by atoms with E-state index in [9.17, 15) is 9.59 Å². The van der Waals surface area contributed by atoms with Gasteiger partial charge in [0.15, 0.2) is 0 Å². The summed E-state index contributed by atoms with van der Waals surface area (Å²) >= 11 is 6.32. The molecule has 4 rings (SSSR count). The molecule has 2 amide bonds. The van der Waals surface area contributed by atoms with E-state index in [-0.39, 0.29) is 12.1 Å². The van der Waals surface area contributed by atoms with Crippen LogP contribution >= 0.6 is 11.6 Å². The summed E-state index contributed by atoms with van der Waals surface area (Å²) in [7, 11) is 0. The molecule has 0 aliphatic heterocycles. The number of hydrogen-bond acceptors (Lipinski definition) is 5. The maximum atomic E-state index is 11.5. The van der Waals surface area contributed by atoms with Gasteiger partial charge in [0.2, 0.25) is 18.3 Å². The van der Waals surface area contributed by atoms with Crippen molar-refractivity contribution >= 4 is 40.8 Å². The van der Waals surface area contributed by atoms with Crippen LogP contribution in [0.25, 0.3) is 22.0 Å². The second-order valence-electron chi connectivity index (χ2n) is 7.10. The molecule has 1 fully saturated rings. The average Bonchev–Trinajstić information content (AvgIpc) is 3.15. The number of fused-ring (bicyclic) bond motifs is 1. The van der Waals surface area contributed by atoms with Crippen molar-refractivity contribution in [2.45, 2.75) is 31.3 Å². The molecular formula is C21H20ClN5O2. The van der Waals surface area contributed by atoms with Gasteiger partial charge in [-0.3, -0.25) is 9.59 Å². The lowest BCUT2D eigenvalue weighted by Gasteiger charge is -2.20. The van der Waals surface area contributed by atoms with Crippen LogP contribution in [0.2, 0.25) is 5.02 Å². The Labute approximate surface area is 172 Å². The predicted molar refractivity (Wildman–Crippen MR) is 113 cm³/mol. The van der Waals surface area contributed by atoms with Crippen LogP contribution in [0.5, 0.6) is 0 Å². The molecule has 1 saturated carbocycles. The molecule has 8 heteroatoms. The average molecular weight is 410 g/mol. The highest BCUT2D eigenvalue weighted by Gasteiger charge is 2.27. The third kappa shape index (κ3) is 4.00. The quantitative estimate of drug-likeness (QED) is 0.542. The zero-order valence-corrected chi connectivity index (χ0v) is 16.3. The third-order valence-corrected chi connectivity index (χ3v) is 5.58. The number of nitrogens with one attached hydrogen (secondary N) is 2. The van der Waals surface area contributed by atoms with Gasteiger partial charge in [0.25, 0.3) is 0 Å². The van der Waals surface area contributed by atoms with Crippen LogP contribution in [-0.2, 0) is 4.79 Å². The number of rotatable bonds is 6. The lowest BCUT2D eigenvalue weighted by molar-refractivity contribution is -0.110. The molecule has 2 atom stereocenters. The van der Waals surface area contributed by atoms with Crippen molar-refractivity contribution in [2.75, 3.05) is 5.32 Å². The molecule has 4 N–H and O–H groups in total. The van der Waals surface area contributed by atoms with Crippen LogP contribution in [0.1, 0.15) is 29.6 Å². The number of carbonyl (C=O) groups is 2. The molecule has 148 valence electrons. The Kier molecular flexibility index (Phi) is 5.31. The zero-order chi connectivity index (χ0) is 20.4. The Hall–Kier alpha value is -3.19. The van der Waals surface area contributed by atoms with E-state index in [1.54, 1.807) is 24.4 Å². The predicted octanol–water partition coefficient (Wildman–Crippen LogP) is 3.13. The maximum absolute atomic E-state index is 11.5. The largest absolute Gasteiger partial charge is 0.366 e. The van der Waals surface area contributed by atoms with Gasteiger partial charge in [-0.15, -0.1) is 0 Å². The Morgan fingerprint density at radius 3 is 2.79 bits per heavy atom. The van der Waals surface area contributed by atoms with Crippen molar-refractivity contribution < 1.29 is 9.59 Å². The Bertz CT molecular complexity index is 1090. The lowest BCUT2D eigenvalue weighted by atomic mass is 10.0. The van der Waals surface area contributed by atoms with E-state index in [4.69, 9.17) is 17.3 Å². The summed E-state index contributed by atoms with van der Waals surface area (Å²) < 4.78 is 0. The van der Waals surface area contributed by atoms with Crippen molar-refractivity contribution in [3.63, 3.8) is 0 Å². The summed E-state index contributed by atoms with van der Waals surface area (Å²) in [5.41, 5.74) is 8.13. The Balaban J connectivity index is 1.62. The number of amides is 2. The Morgan fingerprint density at radius 2 is 2.00 bits per heavy atom. The lowest BCUT2D eigenvalue weighted by Crippen LogP contribution is -2.39. The second-order valence-corrected chi connectivity index (χ2v) is 7.51. The molecule has 0 spiro atoms. The first-order chi connectivity index (χ1) is 14.0. The summed E-state index contributed by atoms with van der Waals surface area (Å²) in [5.74, 6) is 0.0284. The van der Waals surface area contributed by atoms with Crippen LogP contribution in [0.15, 0.2) is 42.6 Å². The minimum atomic E-state index is -0.503. The molecule has 1 aliphatic carbocycles. The summed E-state index contributed by atoms with van der Waals surface area (Å²) in [4.78, 5) is 31.3. The molecule has 1 heterocycles. The van der Waals surface area contributed by atoms with Gasteiger partial charge < -0.3 is 16.4 Å².